The number of ether oxygens (including phenoxy) is 1. The summed E-state index contributed by atoms with van der Waals surface area (Å²) in [6, 6.07) is 20.3. The number of hydrogen-bond donors (Lipinski definition) is 2. The van der Waals surface area contributed by atoms with Gasteiger partial charge in [0.15, 0.2) is 5.82 Å². The summed E-state index contributed by atoms with van der Waals surface area (Å²) in [6.45, 7) is 4.76. The minimum Gasteiger partial charge on any atom is -0.380 e. The first-order chi connectivity index (χ1) is 12.6. The van der Waals surface area contributed by atoms with Crippen LogP contribution in [0.15, 0.2) is 60.7 Å². The molecule has 0 bridgehead atoms. The first-order valence-electron chi connectivity index (χ1n) is 8.70. The van der Waals surface area contributed by atoms with Gasteiger partial charge in [-0.15, -0.1) is 0 Å². The third-order valence-corrected chi connectivity index (χ3v) is 3.71. The van der Waals surface area contributed by atoms with Crippen LogP contribution in [0.25, 0.3) is 11.4 Å². The van der Waals surface area contributed by atoms with Crippen molar-refractivity contribution in [2.45, 2.75) is 26.5 Å². The highest BCUT2D eigenvalue weighted by molar-refractivity contribution is 5.65. The highest BCUT2D eigenvalue weighted by atomic mass is 16.5. The van der Waals surface area contributed by atoms with Crippen molar-refractivity contribution in [2.24, 2.45) is 0 Å². The van der Waals surface area contributed by atoms with Crippen LogP contribution < -0.4 is 10.6 Å². The quantitative estimate of drug-likeness (QED) is 0.639. The molecule has 0 spiro atoms. The average Bonchev–Trinajstić information content (AvgIpc) is 2.62. The SMILES string of the molecule is COCc1cccc(Nc2cc(NC(C)C)nc(-c3ccccc3)n2)c1. The summed E-state index contributed by atoms with van der Waals surface area (Å²) in [4.78, 5) is 9.34. The monoisotopic (exact) mass is 348 g/mol. The number of nitrogens with zero attached hydrogens (tertiary/aromatic N) is 2. The van der Waals surface area contributed by atoms with Crippen molar-refractivity contribution in [2.75, 3.05) is 17.7 Å². The summed E-state index contributed by atoms with van der Waals surface area (Å²) >= 11 is 0. The summed E-state index contributed by atoms with van der Waals surface area (Å²) in [5, 5.41) is 6.74. The number of rotatable bonds is 7. The minimum absolute atomic E-state index is 0.284. The van der Waals surface area contributed by atoms with Crippen molar-refractivity contribution in [1.82, 2.24) is 9.97 Å². The maximum Gasteiger partial charge on any atom is 0.163 e. The minimum atomic E-state index is 0.284. The second-order valence-corrected chi connectivity index (χ2v) is 6.39. The Balaban J connectivity index is 1.94. The Hall–Kier alpha value is -2.92. The van der Waals surface area contributed by atoms with Gasteiger partial charge in [0.2, 0.25) is 0 Å². The van der Waals surface area contributed by atoms with E-state index in [1.807, 2.05) is 54.6 Å². The maximum atomic E-state index is 5.21. The molecule has 2 aromatic carbocycles. The van der Waals surface area contributed by atoms with E-state index in [0.717, 1.165) is 28.5 Å². The number of anilines is 3. The van der Waals surface area contributed by atoms with Crippen molar-refractivity contribution in [3.63, 3.8) is 0 Å². The van der Waals surface area contributed by atoms with Gasteiger partial charge in [-0.05, 0) is 31.5 Å². The Labute approximate surface area is 154 Å². The van der Waals surface area contributed by atoms with E-state index >= 15 is 0 Å². The molecule has 1 heterocycles. The van der Waals surface area contributed by atoms with Crippen molar-refractivity contribution >= 4 is 17.3 Å². The summed E-state index contributed by atoms with van der Waals surface area (Å²) in [7, 11) is 1.69. The lowest BCUT2D eigenvalue weighted by atomic mass is 10.2. The molecule has 0 saturated heterocycles. The van der Waals surface area contributed by atoms with E-state index in [1.165, 1.54) is 0 Å². The van der Waals surface area contributed by atoms with E-state index in [1.54, 1.807) is 7.11 Å². The molecular weight excluding hydrogens is 324 g/mol. The fourth-order valence-electron chi connectivity index (χ4n) is 2.65. The van der Waals surface area contributed by atoms with Crippen LogP contribution in [0.1, 0.15) is 19.4 Å². The van der Waals surface area contributed by atoms with Crippen LogP contribution in [0.3, 0.4) is 0 Å². The van der Waals surface area contributed by atoms with Gasteiger partial charge in [-0.25, -0.2) is 9.97 Å². The standard InChI is InChI=1S/C21H24N4O/c1-15(2)22-19-13-20(23-18-11-7-8-16(12-18)14-26-3)25-21(24-19)17-9-5-4-6-10-17/h4-13,15H,14H2,1-3H3,(H2,22,23,24,25). The Bertz CT molecular complexity index is 850. The zero-order valence-corrected chi connectivity index (χ0v) is 15.4. The molecule has 5 nitrogen and oxygen atoms in total. The topological polar surface area (TPSA) is 59.1 Å². The molecule has 0 aliphatic carbocycles. The van der Waals surface area contributed by atoms with Gasteiger partial charge in [-0.3, -0.25) is 0 Å². The molecule has 0 saturated carbocycles. The zero-order chi connectivity index (χ0) is 18.4. The molecule has 0 amide bonds. The lowest BCUT2D eigenvalue weighted by molar-refractivity contribution is 0.185. The van der Waals surface area contributed by atoms with Gasteiger partial charge < -0.3 is 15.4 Å². The van der Waals surface area contributed by atoms with Gasteiger partial charge in [-0.2, -0.15) is 0 Å². The van der Waals surface area contributed by atoms with E-state index in [0.29, 0.717) is 12.4 Å². The molecule has 0 unspecified atom stereocenters. The number of aromatic nitrogens is 2. The molecule has 1 aromatic heterocycles. The smallest absolute Gasteiger partial charge is 0.163 e. The predicted molar refractivity (Wildman–Crippen MR) is 107 cm³/mol. The van der Waals surface area contributed by atoms with Gasteiger partial charge in [0, 0.05) is 30.5 Å². The van der Waals surface area contributed by atoms with E-state index in [4.69, 9.17) is 4.74 Å². The summed E-state index contributed by atoms with van der Waals surface area (Å²) < 4.78 is 5.21. The molecule has 0 aliphatic heterocycles. The first kappa shape index (κ1) is 17.9. The molecule has 0 atom stereocenters. The Morgan fingerprint density at radius 2 is 1.69 bits per heavy atom. The molecule has 26 heavy (non-hydrogen) atoms. The van der Waals surface area contributed by atoms with Crippen molar-refractivity contribution in [1.29, 1.82) is 0 Å². The highest BCUT2D eigenvalue weighted by Gasteiger charge is 2.08. The molecule has 0 aliphatic rings. The van der Waals surface area contributed by atoms with Crippen LogP contribution in [0.2, 0.25) is 0 Å². The first-order valence-corrected chi connectivity index (χ1v) is 8.70. The number of methoxy groups -OCH3 is 1. The lowest BCUT2D eigenvalue weighted by Crippen LogP contribution is -2.12. The van der Waals surface area contributed by atoms with Gasteiger partial charge in [0.25, 0.3) is 0 Å². The van der Waals surface area contributed by atoms with Gasteiger partial charge in [0.05, 0.1) is 6.61 Å². The van der Waals surface area contributed by atoms with Gasteiger partial charge in [-0.1, -0.05) is 42.5 Å². The molecule has 0 fully saturated rings. The Morgan fingerprint density at radius 3 is 2.42 bits per heavy atom. The van der Waals surface area contributed by atoms with Gasteiger partial charge in [0.1, 0.15) is 11.6 Å². The second kappa shape index (κ2) is 8.45. The van der Waals surface area contributed by atoms with E-state index in [2.05, 4.69) is 40.5 Å². The fourth-order valence-corrected chi connectivity index (χ4v) is 2.65. The van der Waals surface area contributed by atoms with Crippen LogP contribution in [-0.4, -0.2) is 23.1 Å². The average molecular weight is 348 g/mol. The van der Waals surface area contributed by atoms with Crippen LogP contribution in [-0.2, 0) is 11.3 Å². The number of benzene rings is 2. The third kappa shape index (κ3) is 4.80. The van der Waals surface area contributed by atoms with E-state index in [-0.39, 0.29) is 6.04 Å². The third-order valence-electron chi connectivity index (χ3n) is 3.71. The van der Waals surface area contributed by atoms with Crippen molar-refractivity contribution in [3.05, 3.63) is 66.2 Å². The molecular formula is C21H24N4O. The van der Waals surface area contributed by atoms with Crippen molar-refractivity contribution in [3.8, 4) is 11.4 Å². The largest absolute Gasteiger partial charge is 0.380 e. The van der Waals surface area contributed by atoms with Gasteiger partial charge >= 0.3 is 0 Å². The molecule has 2 N–H and O–H groups in total. The van der Waals surface area contributed by atoms with Crippen LogP contribution >= 0.6 is 0 Å². The summed E-state index contributed by atoms with van der Waals surface area (Å²) in [6.07, 6.45) is 0. The molecule has 134 valence electrons. The molecule has 5 heteroatoms. The zero-order valence-electron chi connectivity index (χ0n) is 15.4. The summed E-state index contributed by atoms with van der Waals surface area (Å²) in [5.74, 6) is 2.23. The van der Waals surface area contributed by atoms with E-state index in [9.17, 15) is 0 Å². The summed E-state index contributed by atoms with van der Waals surface area (Å²) in [5.41, 5.74) is 3.05. The Morgan fingerprint density at radius 1 is 0.923 bits per heavy atom. The highest BCUT2D eigenvalue weighted by Crippen LogP contribution is 2.23. The fraction of sp³-hybridized carbons (Fsp3) is 0.238. The molecule has 3 aromatic rings. The molecule has 0 radical (unpaired) electrons. The normalized spacial score (nSPS) is 10.8. The molecule has 3 rings (SSSR count). The Kier molecular flexibility index (Phi) is 5.81. The van der Waals surface area contributed by atoms with Crippen LogP contribution in [0.5, 0.6) is 0 Å². The predicted octanol–water partition coefficient (Wildman–Crippen LogP) is 4.85. The van der Waals surface area contributed by atoms with E-state index < -0.39 is 0 Å². The van der Waals surface area contributed by atoms with Crippen LogP contribution in [0.4, 0.5) is 17.3 Å². The maximum absolute atomic E-state index is 5.21. The second-order valence-electron chi connectivity index (χ2n) is 6.39. The number of hydrogen-bond acceptors (Lipinski definition) is 5. The van der Waals surface area contributed by atoms with Crippen molar-refractivity contribution < 1.29 is 4.74 Å². The lowest BCUT2D eigenvalue weighted by Gasteiger charge is -2.14. The number of nitrogens with one attached hydrogen (secondary N) is 2. The van der Waals surface area contributed by atoms with Crippen LogP contribution in [0, 0.1) is 0 Å².